The molecule has 0 fully saturated rings. The monoisotopic (exact) mass is 284 g/mol. The van der Waals surface area contributed by atoms with Gasteiger partial charge >= 0.3 is 0 Å². The van der Waals surface area contributed by atoms with E-state index in [2.05, 4.69) is 10.4 Å². The van der Waals surface area contributed by atoms with Crippen molar-refractivity contribution in [3.63, 3.8) is 0 Å². The van der Waals surface area contributed by atoms with Crippen molar-refractivity contribution in [2.75, 3.05) is 5.43 Å². The number of halogens is 1. The summed E-state index contributed by atoms with van der Waals surface area (Å²) in [6, 6.07) is 14.4. The SMILES string of the molecule is C[C@H](N)C1=Nc2cccc(F)c2CN1Nc1ccccc1. The van der Waals surface area contributed by atoms with Crippen molar-refractivity contribution in [2.45, 2.75) is 19.5 Å². The Morgan fingerprint density at radius 2 is 1.95 bits per heavy atom. The zero-order chi connectivity index (χ0) is 14.8. The molecule has 108 valence electrons. The maximum absolute atomic E-state index is 14.0. The standard InChI is InChI=1S/C16H17FN4/c1-11(18)16-19-15-9-5-8-14(17)13(15)10-21(16)20-12-6-3-2-4-7-12/h2-9,11,20H,10,18H2,1H3/t11-/m0/s1. The number of nitrogens with zero attached hydrogens (tertiary/aromatic N) is 2. The molecule has 0 saturated heterocycles. The highest BCUT2D eigenvalue weighted by Crippen LogP contribution is 2.29. The van der Waals surface area contributed by atoms with Crippen LogP contribution in [0.4, 0.5) is 15.8 Å². The van der Waals surface area contributed by atoms with Crippen LogP contribution >= 0.6 is 0 Å². The average Bonchev–Trinajstić information content (AvgIpc) is 2.48. The van der Waals surface area contributed by atoms with Gasteiger partial charge in [-0.2, -0.15) is 0 Å². The number of para-hydroxylation sites is 1. The van der Waals surface area contributed by atoms with Gasteiger partial charge in [0.05, 0.1) is 24.0 Å². The number of hydrazine groups is 1. The van der Waals surface area contributed by atoms with E-state index in [1.165, 1.54) is 6.07 Å². The molecule has 5 heteroatoms. The molecule has 1 aliphatic rings. The topological polar surface area (TPSA) is 53.6 Å². The van der Waals surface area contributed by atoms with Crippen molar-refractivity contribution in [1.29, 1.82) is 0 Å². The number of hydrogen-bond acceptors (Lipinski definition) is 4. The molecule has 2 aromatic rings. The van der Waals surface area contributed by atoms with Gasteiger partial charge < -0.3 is 5.73 Å². The first-order chi connectivity index (χ1) is 10.1. The Kier molecular flexibility index (Phi) is 3.58. The van der Waals surface area contributed by atoms with Gasteiger partial charge in [-0.15, -0.1) is 0 Å². The molecule has 1 aliphatic heterocycles. The summed E-state index contributed by atoms with van der Waals surface area (Å²) in [5, 5.41) is 1.80. The molecule has 3 rings (SSSR count). The van der Waals surface area contributed by atoms with Gasteiger partial charge in [-0.3, -0.25) is 10.4 Å². The fourth-order valence-electron chi connectivity index (χ4n) is 2.34. The van der Waals surface area contributed by atoms with Gasteiger partial charge in [0.1, 0.15) is 11.7 Å². The first kappa shape index (κ1) is 13.6. The summed E-state index contributed by atoms with van der Waals surface area (Å²) < 4.78 is 14.0. The smallest absolute Gasteiger partial charge is 0.140 e. The molecule has 0 aliphatic carbocycles. The first-order valence-electron chi connectivity index (χ1n) is 6.86. The first-order valence-corrected chi connectivity index (χ1v) is 6.86. The number of rotatable bonds is 3. The van der Waals surface area contributed by atoms with Crippen molar-refractivity contribution in [3.05, 3.63) is 59.9 Å². The van der Waals surface area contributed by atoms with Crippen molar-refractivity contribution in [3.8, 4) is 0 Å². The van der Waals surface area contributed by atoms with Crippen LogP contribution in [0.5, 0.6) is 0 Å². The highest BCUT2D eigenvalue weighted by Gasteiger charge is 2.24. The molecule has 1 atom stereocenters. The molecular formula is C16H17FN4. The average molecular weight is 284 g/mol. The minimum absolute atomic E-state index is 0.250. The van der Waals surface area contributed by atoms with Gasteiger partial charge in [-0.1, -0.05) is 24.3 Å². The van der Waals surface area contributed by atoms with Crippen LogP contribution in [0.1, 0.15) is 12.5 Å². The summed E-state index contributed by atoms with van der Waals surface area (Å²) >= 11 is 0. The number of nitrogens with two attached hydrogens (primary N) is 1. The van der Waals surface area contributed by atoms with Crippen LogP contribution in [0.2, 0.25) is 0 Å². The van der Waals surface area contributed by atoms with E-state index in [1.807, 2.05) is 37.3 Å². The largest absolute Gasteiger partial charge is 0.322 e. The molecule has 1 heterocycles. The highest BCUT2D eigenvalue weighted by atomic mass is 19.1. The van der Waals surface area contributed by atoms with Crippen molar-refractivity contribution >= 4 is 17.2 Å². The normalized spacial score (nSPS) is 15.2. The zero-order valence-electron chi connectivity index (χ0n) is 11.8. The Labute approximate surface area is 123 Å². The molecule has 0 amide bonds. The van der Waals surface area contributed by atoms with Crippen molar-refractivity contribution in [1.82, 2.24) is 5.01 Å². The zero-order valence-corrected chi connectivity index (χ0v) is 11.8. The fraction of sp³-hybridized carbons (Fsp3) is 0.188. The molecule has 0 saturated carbocycles. The van der Waals surface area contributed by atoms with E-state index in [-0.39, 0.29) is 11.9 Å². The minimum Gasteiger partial charge on any atom is -0.322 e. The summed E-state index contributed by atoms with van der Waals surface area (Å²) in [5.74, 6) is 0.441. The van der Waals surface area contributed by atoms with Gasteiger partial charge in [-0.05, 0) is 31.2 Å². The van der Waals surface area contributed by atoms with E-state index in [9.17, 15) is 4.39 Å². The van der Waals surface area contributed by atoms with E-state index in [0.717, 1.165) is 5.69 Å². The second-order valence-electron chi connectivity index (χ2n) is 5.06. The molecule has 4 nitrogen and oxygen atoms in total. The Bertz CT molecular complexity index is 667. The quantitative estimate of drug-likeness (QED) is 0.911. The van der Waals surface area contributed by atoms with Crippen LogP contribution in [0, 0.1) is 5.82 Å². The van der Waals surface area contributed by atoms with Crippen LogP contribution in [0.25, 0.3) is 0 Å². The molecule has 3 N–H and O–H groups in total. The summed E-state index contributed by atoms with van der Waals surface area (Å²) in [6.45, 7) is 2.25. The Hall–Kier alpha value is -2.40. The van der Waals surface area contributed by atoms with Crippen LogP contribution in [0.15, 0.2) is 53.5 Å². The van der Waals surface area contributed by atoms with Gasteiger partial charge in [0.2, 0.25) is 0 Å². The van der Waals surface area contributed by atoms with E-state index in [1.54, 1.807) is 17.1 Å². The van der Waals surface area contributed by atoms with Gasteiger partial charge in [0.15, 0.2) is 0 Å². The number of nitrogens with one attached hydrogen (secondary N) is 1. The number of amidine groups is 1. The van der Waals surface area contributed by atoms with Gasteiger partial charge in [-0.25, -0.2) is 9.38 Å². The third-order valence-electron chi connectivity index (χ3n) is 3.37. The molecule has 0 unspecified atom stereocenters. The second-order valence-corrected chi connectivity index (χ2v) is 5.06. The second kappa shape index (κ2) is 5.54. The predicted molar refractivity (Wildman–Crippen MR) is 82.8 cm³/mol. The maximum Gasteiger partial charge on any atom is 0.140 e. The van der Waals surface area contributed by atoms with Crippen LogP contribution < -0.4 is 11.2 Å². The molecule has 0 bridgehead atoms. The van der Waals surface area contributed by atoms with Gasteiger partial charge in [0, 0.05) is 5.56 Å². The van der Waals surface area contributed by atoms with Crippen molar-refractivity contribution in [2.24, 2.45) is 10.7 Å². The fourth-order valence-corrected chi connectivity index (χ4v) is 2.34. The van der Waals surface area contributed by atoms with E-state index < -0.39 is 0 Å². The Balaban J connectivity index is 1.96. The van der Waals surface area contributed by atoms with Gasteiger partial charge in [0.25, 0.3) is 0 Å². The number of benzene rings is 2. The van der Waals surface area contributed by atoms with E-state index in [4.69, 9.17) is 5.73 Å². The minimum atomic E-state index is -0.252. The number of fused-ring (bicyclic) bond motifs is 1. The summed E-state index contributed by atoms with van der Waals surface area (Å²) in [7, 11) is 0. The van der Waals surface area contributed by atoms with Crippen LogP contribution in [-0.4, -0.2) is 16.9 Å². The highest BCUT2D eigenvalue weighted by molar-refractivity contribution is 5.91. The third-order valence-corrected chi connectivity index (χ3v) is 3.37. The Morgan fingerprint density at radius 3 is 2.67 bits per heavy atom. The summed E-state index contributed by atoms with van der Waals surface area (Å²) in [6.07, 6.45) is 0. The molecule has 0 radical (unpaired) electrons. The number of aliphatic imine (C=N–C) groups is 1. The number of anilines is 1. The molecule has 0 aromatic heterocycles. The maximum atomic E-state index is 14.0. The van der Waals surface area contributed by atoms with E-state index >= 15 is 0 Å². The van der Waals surface area contributed by atoms with Crippen LogP contribution in [-0.2, 0) is 6.54 Å². The molecule has 2 aromatic carbocycles. The van der Waals surface area contributed by atoms with Crippen LogP contribution in [0.3, 0.4) is 0 Å². The number of hydrogen-bond donors (Lipinski definition) is 2. The third kappa shape index (κ3) is 2.73. The summed E-state index contributed by atoms with van der Waals surface area (Å²) in [5.41, 5.74) is 11.4. The lowest BCUT2D eigenvalue weighted by molar-refractivity contribution is 0.450. The lowest BCUT2D eigenvalue weighted by atomic mass is 10.1. The van der Waals surface area contributed by atoms with Crippen molar-refractivity contribution < 1.29 is 4.39 Å². The lowest BCUT2D eigenvalue weighted by Crippen LogP contribution is -2.46. The van der Waals surface area contributed by atoms with E-state index in [0.29, 0.717) is 23.6 Å². The molecular weight excluding hydrogens is 267 g/mol. The summed E-state index contributed by atoms with van der Waals surface area (Å²) in [4.78, 5) is 4.50. The lowest BCUT2D eigenvalue weighted by Gasteiger charge is -2.33. The Morgan fingerprint density at radius 1 is 1.19 bits per heavy atom. The molecule has 21 heavy (non-hydrogen) atoms. The molecule has 0 spiro atoms. The predicted octanol–water partition coefficient (Wildman–Crippen LogP) is 3.05.